The summed E-state index contributed by atoms with van der Waals surface area (Å²) >= 11 is 4.78. The number of carbonyl (C=O) groups excluding carboxylic acids is 1. The van der Waals surface area contributed by atoms with Gasteiger partial charge in [0.25, 0.3) is 5.91 Å². The number of amides is 1. The highest BCUT2D eigenvalue weighted by atomic mass is 79.9. The molecular formula is C20H18BrFN2O3S. The summed E-state index contributed by atoms with van der Waals surface area (Å²) in [6.07, 6.45) is 1.79. The molecule has 0 aromatic heterocycles. The first-order valence-electron chi connectivity index (χ1n) is 8.44. The number of rotatable bonds is 5. The Morgan fingerprint density at radius 1 is 1.18 bits per heavy atom. The number of likely N-dealkylation sites (N-methyl/N-ethyl adjacent to an activating group) is 1. The standard InChI is InChI=1S/C20H18BrFN2O3S/c1-4-24-19(25)18(28-20(24)23-14-7-5-13(22)6-8-14)10-12-9-16(26-2)17(27-3)11-15(12)21/h5-11H,4H2,1-3H3/b18-10+,23-20?. The molecule has 1 saturated heterocycles. The lowest BCUT2D eigenvalue weighted by atomic mass is 10.2. The maximum atomic E-state index is 13.1. The molecule has 0 unspecified atom stereocenters. The van der Waals surface area contributed by atoms with E-state index in [4.69, 9.17) is 9.47 Å². The van der Waals surface area contributed by atoms with Crippen molar-refractivity contribution in [3.8, 4) is 11.5 Å². The molecule has 1 amide bonds. The highest BCUT2D eigenvalue weighted by molar-refractivity contribution is 9.10. The number of carbonyl (C=O) groups is 1. The van der Waals surface area contributed by atoms with E-state index in [0.29, 0.717) is 33.8 Å². The Balaban J connectivity index is 1.97. The van der Waals surface area contributed by atoms with Crippen LogP contribution in [0.2, 0.25) is 0 Å². The Morgan fingerprint density at radius 2 is 1.82 bits per heavy atom. The Morgan fingerprint density at radius 3 is 2.43 bits per heavy atom. The lowest BCUT2D eigenvalue weighted by Crippen LogP contribution is -2.28. The zero-order valence-corrected chi connectivity index (χ0v) is 17.9. The summed E-state index contributed by atoms with van der Waals surface area (Å²) in [6, 6.07) is 9.43. The van der Waals surface area contributed by atoms with Gasteiger partial charge in [-0.3, -0.25) is 9.69 Å². The molecule has 0 spiro atoms. The highest BCUT2D eigenvalue weighted by Crippen LogP contribution is 2.38. The second-order valence-corrected chi connectivity index (χ2v) is 7.62. The number of nitrogens with zero attached hydrogens (tertiary/aromatic N) is 2. The number of hydrogen-bond donors (Lipinski definition) is 0. The molecule has 0 N–H and O–H groups in total. The first kappa shape index (κ1) is 20.4. The van der Waals surface area contributed by atoms with Crippen LogP contribution in [-0.2, 0) is 4.79 Å². The molecule has 1 heterocycles. The number of hydrogen-bond acceptors (Lipinski definition) is 5. The predicted octanol–water partition coefficient (Wildman–Crippen LogP) is 5.23. The Labute approximate surface area is 175 Å². The van der Waals surface area contributed by atoms with Gasteiger partial charge in [-0.2, -0.15) is 0 Å². The summed E-state index contributed by atoms with van der Waals surface area (Å²) in [5.41, 5.74) is 1.37. The third kappa shape index (κ3) is 4.23. The van der Waals surface area contributed by atoms with Gasteiger partial charge in [-0.25, -0.2) is 9.38 Å². The van der Waals surface area contributed by atoms with Gasteiger partial charge in [0.15, 0.2) is 16.7 Å². The minimum absolute atomic E-state index is 0.130. The molecule has 8 heteroatoms. The number of amidine groups is 1. The van der Waals surface area contributed by atoms with Gasteiger partial charge in [0, 0.05) is 11.0 Å². The van der Waals surface area contributed by atoms with Gasteiger partial charge in [-0.1, -0.05) is 15.9 Å². The van der Waals surface area contributed by atoms with Crippen molar-refractivity contribution < 1.29 is 18.7 Å². The van der Waals surface area contributed by atoms with Gasteiger partial charge in [0.2, 0.25) is 0 Å². The molecule has 28 heavy (non-hydrogen) atoms. The predicted molar refractivity (Wildman–Crippen MR) is 114 cm³/mol. The monoisotopic (exact) mass is 464 g/mol. The molecule has 3 rings (SSSR count). The minimum atomic E-state index is -0.328. The quantitative estimate of drug-likeness (QED) is 0.568. The van der Waals surface area contributed by atoms with Gasteiger partial charge in [-0.15, -0.1) is 0 Å². The fourth-order valence-electron chi connectivity index (χ4n) is 2.62. The molecule has 5 nitrogen and oxygen atoms in total. The second-order valence-electron chi connectivity index (χ2n) is 5.76. The maximum absolute atomic E-state index is 13.1. The SMILES string of the molecule is CCN1C(=O)/C(=C\c2cc(OC)c(OC)cc2Br)SC1=Nc1ccc(F)cc1. The Hall–Kier alpha value is -2.32. The van der Waals surface area contributed by atoms with Gasteiger partial charge in [0.05, 0.1) is 24.8 Å². The average Bonchev–Trinajstić information content (AvgIpc) is 2.99. The van der Waals surface area contributed by atoms with Gasteiger partial charge >= 0.3 is 0 Å². The van der Waals surface area contributed by atoms with Crippen molar-refractivity contribution in [2.24, 2.45) is 4.99 Å². The van der Waals surface area contributed by atoms with E-state index in [2.05, 4.69) is 20.9 Å². The van der Waals surface area contributed by atoms with Crippen LogP contribution >= 0.6 is 27.7 Å². The molecular weight excluding hydrogens is 447 g/mol. The number of thioether (sulfide) groups is 1. The number of methoxy groups -OCH3 is 2. The summed E-state index contributed by atoms with van der Waals surface area (Å²) < 4.78 is 24.5. The number of benzene rings is 2. The molecule has 1 aliphatic heterocycles. The molecule has 1 fully saturated rings. The van der Waals surface area contributed by atoms with Crippen molar-refractivity contribution in [1.29, 1.82) is 0 Å². The fraction of sp³-hybridized carbons (Fsp3) is 0.200. The summed E-state index contributed by atoms with van der Waals surface area (Å²) in [6.45, 7) is 2.37. The number of aliphatic imine (C=N–C) groups is 1. The van der Waals surface area contributed by atoms with Crippen molar-refractivity contribution in [2.45, 2.75) is 6.92 Å². The van der Waals surface area contributed by atoms with E-state index in [1.54, 1.807) is 49.5 Å². The largest absolute Gasteiger partial charge is 0.493 e. The van der Waals surface area contributed by atoms with Crippen LogP contribution in [0.15, 0.2) is 50.8 Å². The molecule has 1 aliphatic rings. The van der Waals surface area contributed by atoms with E-state index in [0.717, 1.165) is 10.0 Å². The maximum Gasteiger partial charge on any atom is 0.266 e. The average molecular weight is 465 g/mol. The molecule has 0 radical (unpaired) electrons. The molecule has 0 aliphatic carbocycles. The van der Waals surface area contributed by atoms with Gasteiger partial charge < -0.3 is 9.47 Å². The van der Waals surface area contributed by atoms with Gasteiger partial charge in [0.1, 0.15) is 5.82 Å². The first-order chi connectivity index (χ1) is 13.5. The van der Waals surface area contributed by atoms with Crippen molar-refractivity contribution in [3.63, 3.8) is 0 Å². The first-order valence-corrected chi connectivity index (χ1v) is 10.0. The molecule has 0 saturated carbocycles. The Kier molecular flexibility index (Phi) is 6.41. The van der Waals surface area contributed by atoms with Crippen molar-refractivity contribution in [3.05, 3.63) is 57.2 Å². The lowest BCUT2D eigenvalue weighted by molar-refractivity contribution is -0.122. The van der Waals surface area contributed by atoms with Crippen molar-refractivity contribution in [1.82, 2.24) is 4.90 Å². The molecule has 146 valence electrons. The van der Waals surface area contributed by atoms with E-state index in [9.17, 15) is 9.18 Å². The highest BCUT2D eigenvalue weighted by Gasteiger charge is 2.32. The molecule has 0 bridgehead atoms. The lowest BCUT2D eigenvalue weighted by Gasteiger charge is -2.12. The van der Waals surface area contributed by atoms with Gasteiger partial charge in [-0.05, 0) is 66.7 Å². The van der Waals surface area contributed by atoms with E-state index >= 15 is 0 Å². The number of ether oxygens (including phenoxy) is 2. The van der Waals surface area contributed by atoms with Crippen LogP contribution in [0.3, 0.4) is 0 Å². The van der Waals surface area contributed by atoms with Crippen LogP contribution in [-0.4, -0.2) is 36.7 Å². The smallest absolute Gasteiger partial charge is 0.266 e. The third-order valence-electron chi connectivity index (χ3n) is 4.05. The minimum Gasteiger partial charge on any atom is -0.493 e. The van der Waals surface area contributed by atoms with Crippen LogP contribution < -0.4 is 9.47 Å². The zero-order chi connectivity index (χ0) is 20.3. The van der Waals surface area contributed by atoms with Crippen LogP contribution in [0, 0.1) is 5.82 Å². The zero-order valence-electron chi connectivity index (χ0n) is 15.5. The van der Waals surface area contributed by atoms with Crippen LogP contribution in [0.5, 0.6) is 11.5 Å². The number of halogens is 2. The van der Waals surface area contributed by atoms with Crippen LogP contribution in [0.4, 0.5) is 10.1 Å². The molecule has 2 aromatic rings. The summed E-state index contributed by atoms with van der Waals surface area (Å²) in [7, 11) is 3.13. The molecule has 0 atom stereocenters. The second kappa shape index (κ2) is 8.79. The summed E-state index contributed by atoms with van der Waals surface area (Å²) in [5, 5.41) is 0.557. The van der Waals surface area contributed by atoms with Crippen LogP contribution in [0.25, 0.3) is 6.08 Å². The summed E-state index contributed by atoms with van der Waals surface area (Å²) in [4.78, 5) is 19.4. The van der Waals surface area contributed by atoms with Crippen LogP contribution in [0.1, 0.15) is 12.5 Å². The molecule has 2 aromatic carbocycles. The van der Waals surface area contributed by atoms with E-state index < -0.39 is 0 Å². The third-order valence-corrected chi connectivity index (χ3v) is 5.74. The summed E-state index contributed by atoms with van der Waals surface area (Å²) in [5.74, 6) is 0.705. The van der Waals surface area contributed by atoms with E-state index in [1.807, 2.05) is 6.92 Å². The Bertz CT molecular complexity index is 961. The topological polar surface area (TPSA) is 51.1 Å². The van der Waals surface area contributed by atoms with Crippen molar-refractivity contribution >= 4 is 50.5 Å². The fourth-order valence-corrected chi connectivity index (χ4v) is 4.11. The van der Waals surface area contributed by atoms with E-state index in [-0.39, 0.29) is 11.7 Å². The normalized spacial score (nSPS) is 16.9. The van der Waals surface area contributed by atoms with Crippen molar-refractivity contribution in [2.75, 3.05) is 20.8 Å². The van der Waals surface area contributed by atoms with E-state index in [1.165, 1.54) is 23.9 Å².